The summed E-state index contributed by atoms with van der Waals surface area (Å²) in [6.07, 6.45) is 7.73. The van der Waals surface area contributed by atoms with Crippen LogP contribution in [0.25, 0.3) is 0 Å². The van der Waals surface area contributed by atoms with Crippen molar-refractivity contribution in [2.45, 2.75) is 76.2 Å². The summed E-state index contributed by atoms with van der Waals surface area (Å²) in [6.45, 7) is 3.69. The third kappa shape index (κ3) is 4.90. The maximum Gasteiger partial charge on any atom is 0.317 e. The second kappa shape index (κ2) is 9.54. The van der Waals surface area contributed by atoms with Crippen LogP contribution in [0.15, 0.2) is 30.5 Å². The second-order valence-corrected chi connectivity index (χ2v) is 10.8. The van der Waals surface area contributed by atoms with Gasteiger partial charge in [-0.1, -0.05) is 36.6 Å². The minimum Gasteiger partial charge on any atom is -0.458 e. The Morgan fingerprint density at radius 1 is 1.26 bits per heavy atom. The number of benzene rings is 1. The van der Waals surface area contributed by atoms with Crippen molar-refractivity contribution in [2.24, 2.45) is 18.9 Å². The Morgan fingerprint density at radius 3 is 2.59 bits per heavy atom. The molecule has 1 saturated carbocycles. The molecule has 1 aliphatic heterocycles. The maximum atomic E-state index is 13.3. The lowest BCUT2D eigenvalue weighted by molar-refractivity contribution is -0.185. The lowest BCUT2D eigenvalue weighted by Crippen LogP contribution is -2.52. The summed E-state index contributed by atoms with van der Waals surface area (Å²) in [5, 5.41) is 14.3. The number of aryl methyl sites for hydroxylation is 2. The summed E-state index contributed by atoms with van der Waals surface area (Å²) in [7, 11) is 1.82. The molecular weight excluding hydrogens is 450 g/mol. The van der Waals surface area contributed by atoms with E-state index in [-0.39, 0.29) is 24.5 Å². The molecule has 7 heteroatoms. The monoisotopic (exact) mass is 481 g/mol. The van der Waals surface area contributed by atoms with E-state index in [1.807, 2.05) is 51.4 Å². The van der Waals surface area contributed by atoms with E-state index >= 15 is 0 Å². The van der Waals surface area contributed by atoms with Gasteiger partial charge >= 0.3 is 5.97 Å². The second-order valence-electron chi connectivity index (χ2n) is 10.4. The number of esters is 1. The number of Topliss-reactive ketones (excluding diaryl/α,β-unsaturated/α-hetero) is 1. The molecule has 6 nitrogen and oxygen atoms in total. The smallest absolute Gasteiger partial charge is 0.317 e. The van der Waals surface area contributed by atoms with Crippen LogP contribution in [-0.2, 0) is 39.6 Å². The largest absolute Gasteiger partial charge is 0.458 e. The van der Waals surface area contributed by atoms with Gasteiger partial charge in [0.05, 0.1) is 17.2 Å². The van der Waals surface area contributed by atoms with Gasteiger partial charge in [-0.15, -0.1) is 0 Å². The number of hydrogen-bond acceptors (Lipinski definition) is 5. The Bertz CT molecular complexity index is 1110. The van der Waals surface area contributed by atoms with E-state index in [1.165, 1.54) is 0 Å². The van der Waals surface area contributed by atoms with Crippen LogP contribution in [0.4, 0.5) is 0 Å². The van der Waals surface area contributed by atoms with Crippen molar-refractivity contribution in [3.63, 3.8) is 0 Å². The summed E-state index contributed by atoms with van der Waals surface area (Å²) in [5.41, 5.74) is 1.10. The average molecular weight is 482 g/mol. The predicted octanol–water partition coefficient (Wildman–Crippen LogP) is 5.11. The highest BCUT2D eigenvalue weighted by Crippen LogP contribution is 2.45. The summed E-state index contributed by atoms with van der Waals surface area (Å²) >= 11 is 6.52. The Labute approximate surface area is 206 Å². The topological polar surface area (TPSA) is 85.0 Å². The molecule has 0 amide bonds. The molecule has 0 N–H and O–H groups in total. The van der Waals surface area contributed by atoms with E-state index in [0.717, 1.165) is 42.5 Å². The van der Waals surface area contributed by atoms with Crippen molar-refractivity contribution in [2.75, 3.05) is 0 Å². The minimum absolute atomic E-state index is 0.0436. The number of nitrogens with zero attached hydrogens (tertiary/aromatic N) is 3. The molecule has 0 bridgehead atoms. The highest BCUT2D eigenvalue weighted by Gasteiger charge is 2.51. The maximum absolute atomic E-state index is 13.3. The van der Waals surface area contributed by atoms with Crippen LogP contribution in [0, 0.1) is 23.2 Å². The number of rotatable bonds is 7. The van der Waals surface area contributed by atoms with Gasteiger partial charge in [0.15, 0.2) is 5.78 Å². The molecule has 2 aliphatic rings. The van der Waals surface area contributed by atoms with Crippen molar-refractivity contribution in [1.29, 1.82) is 5.26 Å². The zero-order chi connectivity index (χ0) is 24.5. The third-order valence-electron chi connectivity index (χ3n) is 7.55. The SMILES string of the molecule is Cn1ccc(CC2C(=O)CC(CCc3ccc(C(C)(C)C#N)c(Cl)c3)(C3CCCC3)OC2=O)n1. The lowest BCUT2D eigenvalue weighted by Gasteiger charge is -2.43. The van der Waals surface area contributed by atoms with E-state index in [2.05, 4.69) is 11.2 Å². The molecule has 1 saturated heterocycles. The lowest BCUT2D eigenvalue weighted by atomic mass is 9.73. The number of cyclic esters (lactones) is 1. The van der Waals surface area contributed by atoms with Gasteiger partial charge in [0.25, 0.3) is 0 Å². The quantitative estimate of drug-likeness (QED) is 0.405. The Kier molecular flexibility index (Phi) is 6.87. The molecule has 2 fully saturated rings. The van der Waals surface area contributed by atoms with Gasteiger partial charge in [0, 0.05) is 31.1 Å². The molecule has 1 aliphatic carbocycles. The number of nitriles is 1. The van der Waals surface area contributed by atoms with Gasteiger partial charge in [0.1, 0.15) is 11.5 Å². The van der Waals surface area contributed by atoms with Gasteiger partial charge in [-0.2, -0.15) is 10.4 Å². The molecule has 2 unspecified atom stereocenters. The predicted molar refractivity (Wildman–Crippen MR) is 129 cm³/mol. The fourth-order valence-electron chi connectivity index (χ4n) is 5.50. The van der Waals surface area contributed by atoms with E-state index in [9.17, 15) is 14.9 Å². The van der Waals surface area contributed by atoms with Gasteiger partial charge in [0.2, 0.25) is 0 Å². The minimum atomic E-state index is -0.786. The summed E-state index contributed by atoms with van der Waals surface area (Å²) in [4.78, 5) is 26.4. The molecule has 0 spiro atoms. The number of hydrogen-bond donors (Lipinski definition) is 0. The first-order valence-electron chi connectivity index (χ1n) is 12.1. The normalized spacial score (nSPS) is 23.7. The van der Waals surface area contributed by atoms with Crippen LogP contribution in [0.3, 0.4) is 0 Å². The molecule has 2 aromatic rings. The van der Waals surface area contributed by atoms with Crippen LogP contribution in [0.5, 0.6) is 0 Å². The van der Waals surface area contributed by atoms with Crippen LogP contribution in [-0.4, -0.2) is 27.1 Å². The van der Waals surface area contributed by atoms with E-state index < -0.39 is 22.9 Å². The first-order chi connectivity index (χ1) is 16.1. The zero-order valence-electron chi connectivity index (χ0n) is 20.1. The van der Waals surface area contributed by atoms with Crippen molar-refractivity contribution >= 4 is 23.4 Å². The fourth-order valence-corrected chi connectivity index (χ4v) is 5.94. The van der Waals surface area contributed by atoms with E-state index in [1.54, 1.807) is 4.68 Å². The third-order valence-corrected chi connectivity index (χ3v) is 7.87. The number of halogens is 1. The zero-order valence-corrected chi connectivity index (χ0v) is 20.9. The highest BCUT2D eigenvalue weighted by atomic mass is 35.5. The fraction of sp³-hybridized carbons (Fsp3) is 0.556. The van der Waals surface area contributed by atoms with Gasteiger partial charge < -0.3 is 4.74 Å². The van der Waals surface area contributed by atoms with Gasteiger partial charge in [-0.25, -0.2) is 0 Å². The number of carbonyl (C=O) groups excluding carboxylic acids is 2. The van der Waals surface area contributed by atoms with Crippen molar-refractivity contribution in [3.8, 4) is 6.07 Å². The van der Waals surface area contributed by atoms with Crippen LogP contribution in [0.2, 0.25) is 5.02 Å². The molecule has 4 rings (SSSR count). The summed E-state index contributed by atoms with van der Waals surface area (Å²) in [6, 6.07) is 9.92. The number of ether oxygens (including phenoxy) is 1. The van der Waals surface area contributed by atoms with Crippen molar-refractivity contribution in [1.82, 2.24) is 9.78 Å². The van der Waals surface area contributed by atoms with E-state index in [0.29, 0.717) is 17.9 Å². The van der Waals surface area contributed by atoms with Crippen molar-refractivity contribution < 1.29 is 14.3 Å². The molecule has 1 aromatic heterocycles. The molecule has 2 atom stereocenters. The molecule has 1 aromatic carbocycles. The highest BCUT2D eigenvalue weighted by molar-refractivity contribution is 6.31. The van der Waals surface area contributed by atoms with Crippen LogP contribution >= 0.6 is 11.6 Å². The first-order valence-corrected chi connectivity index (χ1v) is 12.5. The van der Waals surface area contributed by atoms with Gasteiger partial charge in [-0.3, -0.25) is 14.3 Å². The molecule has 34 heavy (non-hydrogen) atoms. The number of ketones is 1. The molecule has 180 valence electrons. The molecular formula is C27H32ClN3O3. The summed E-state index contributed by atoms with van der Waals surface area (Å²) < 4.78 is 7.87. The Balaban J connectivity index is 1.52. The van der Waals surface area contributed by atoms with E-state index in [4.69, 9.17) is 16.3 Å². The van der Waals surface area contributed by atoms with Crippen LogP contribution < -0.4 is 0 Å². The van der Waals surface area contributed by atoms with Crippen molar-refractivity contribution in [3.05, 3.63) is 52.3 Å². The number of carbonyl (C=O) groups is 2. The average Bonchev–Trinajstić information content (AvgIpc) is 3.47. The molecule has 2 heterocycles. The number of aromatic nitrogens is 2. The summed E-state index contributed by atoms with van der Waals surface area (Å²) in [5.74, 6) is -1.05. The van der Waals surface area contributed by atoms with Gasteiger partial charge in [-0.05, 0) is 68.7 Å². The standard InChI is InChI=1S/C27H32ClN3O3/c1-26(2,17-29)22-9-8-18(14-23(22)28)10-12-27(19-6-4-5-7-19)16-24(32)21(25(33)34-27)15-20-11-13-31(3)30-20/h8-9,11,13-14,19,21H,4-7,10,12,15-16H2,1-3H3. The Hall–Kier alpha value is -2.65. The molecule has 0 radical (unpaired) electrons. The first kappa shape index (κ1) is 24.5. The van der Waals surface area contributed by atoms with Crippen LogP contribution in [0.1, 0.15) is 69.2 Å². The Morgan fingerprint density at radius 2 is 2.00 bits per heavy atom.